The Morgan fingerprint density at radius 1 is 1.25 bits per heavy atom. The van der Waals surface area contributed by atoms with Crippen LogP contribution in [0.15, 0.2) is 30.3 Å². The zero-order chi connectivity index (χ0) is 12.2. The summed E-state index contributed by atoms with van der Waals surface area (Å²) in [5, 5.41) is 8.48. The van der Waals surface area contributed by atoms with Gasteiger partial charge in [0.15, 0.2) is 0 Å². The molecule has 4 heteroatoms. The summed E-state index contributed by atoms with van der Waals surface area (Å²) in [5.74, 6) is -0.103. The molecule has 0 atom stereocenters. The van der Waals surface area contributed by atoms with Crippen molar-refractivity contribution in [1.29, 1.82) is 0 Å². The van der Waals surface area contributed by atoms with Crippen molar-refractivity contribution in [2.75, 3.05) is 0 Å². The van der Waals surface area contributed by atoms with E-state index in [1.165, 1.54) is 0 Å². The van der Waals surface area contributed by atoms with Gasteiger partial charge in [-0.2, -0.15) is 0 Å². The highest BCUT2D eigenvalue weighted by Gasteiger charge is 2.15. The fourth-order valence-electron chi connectivity index (χ4n) is 1.17. The number of rotatable bonds is 4. The molecule has 0 amide bonds. The Morgan fingerprint density at radius 2 is 1.81 bits per heavy atom. The molecule has 0 saturated heterocycles. The van der Waals surface area contributed by atoms with Crippen molar-refractivity contribution in [3.63, 3.8) is 0 Å². The van der Waals surface area contributed by atoms with E-state index in [4.69, 9.17) is 9.53 Å². The number of carboxylic acids is 1. The Morgan fingerprint density at radius 3 is 2.25 bits per heavy atom. The fraction of sp³-hybridized carbons (Fsp3) is 0.250. The summed E-state index contributed by atoms with van der Waals surface area (Å²) < 4.78 is 5.78. The standard InChI is InChI=1S/C12H16O3Si/c1-16(2,3)15-11-7-4-10(5-8-11)6-9-12(13)14/h4-9H,1-3H3,(H,13,14)/b9-6+. The van der Waals surface area contributed by atoms with Gasteiger partial charge in [0.2, 0.25) is 8.32 Å². The Hall–Kier alpha value is -1.55. The van der Waals surface area contributed by atoms with E-state index in [-0.39, 0.29) is 0 Å². The van der Waals surface area contributed by atoms with Crippen LogP contribution in [0, 0.1) is 0 Å². The van der Waals surface area contributed by atoms with Gasteiger partial charge in [-0.3, -0.25) is 0 Å². The lowest BCUT2D eigenvalue weighted by atomic mass is 10.2. The second kappa shape index (κ2) is 4.98. The van der Waals surface area contributed by atoms with Crippen LogP contribution in [0.3, 0.4) is 0 Å². The molecule has 0 spiro atoms. The molecule has 1 rings (SSSR count). The Labute approximate surface area is 96.5 Å². The van der Waals surface area contributed by atoms with Crippen LogP contribution in [0.25, 0.3) is 6.08 Å². The average molecular weight is 236 g/mol. The number of benzene rings is 1. The summed E-state index contributed by atoms with van der Waals surface area (Å²) in [7, 11) is -1.56. The number of carbonyl (C=O) groups is 1. The minimum absolute atomic E-state index is 0.839. The van der Waals surface area contributed by atoms with Crippen molar-refractivity contribution in [1.82, 2.24) is 0 Å². The van der Waals surface area contributed by atoms with Gasteiger partial charge < -0.3 is 9.53 Å². The molecule has 16 heavy (non-hydrogen) atoms. The zero-order valence-electron chi connectivity index (χ0n) is 9.73. The molecule has 86 valence electrons. The topological polar surface area (TPSA) is 46.5 Å². The van der Waals surface area contributed by atoms with Crippen molar-refractivity contribution in [3.8, 4) is 5.75 Å². The molecule has 0 aliphatic rings. The van der Waals surface area contributed by atoms with Gasteiger partial charge in [-0.25, -0.2) is 4.79 Å². The smallest absolute Gasteiger partial charge is 0.328 e. The summed E-state index contributed by atoms with van der Waals surface area (Å²) in [6.45, 7) is 6.35. The molecular formula is C12H16O3Si. The van der Waals surface area contributed by atoms with Gasteiger partial charge in [0.25, 0.3) is 0 Å². The summed E-state index contributed by atoms with van der Waals surface area (Å²) in [4.78, 5) is 10.3. The second-order valence-corrected chi connectivity index (χ2v) is 8.88. The summed E-state index contributed by atoms with van der Waals surface area (Å²) in [5.41, 5.74) is 0.852. The number of hydrogen-bond donors (Lipinski definition) is 1. The molecule has 0 aliphatic heterocycles. The molecule has 0 saturated carbocycles. The minimum atomic E-state index is -1.56. The van der Waals surface area contributed by atoms with Crippen LogP contribution in [0.2, 0.25) is 19.6 Å². The Bertz CT molecular complexity index is 388. The second-order valence-electron chi connectivity index (χ2n) is 4.46. The largest absolute Gasteiger partial charge is 0.544 e. The molecular weight excluding hydrogens is 220 g/mol. The third-order valence-corrected chi connectivity index (χ3v) is 2.57. The summed E-state index contributed by atoms with van der Waals surface area (Å²) in [6.07, 6.45) is 2.68. The number of hydrogen-bond acceptors (Lipinski definition) is 2. The molecule has 1 N–H and O–H groups in total. The highest BCUT2D eigenvalue weighted by atomic mass is 28.4. The monoisotopic (exact) mass is 236 g/mol. The Balaban J connectivity index is 2.72. The van der Waals surface area contributed by atoms with Crippen LogP contribution in [-0.4, -0.2) is 19.4 Å². The molecule has 1 aromatic carbocycles. The SMILES string of the molecule is C[Si](C)(C)Oc1ccc(/C=C/C(=O)O)cc1. The van der Waals surface area contributed by atoms with Crippen molar-refractivity contribution in [3.05, 3.63) is 35.9 Å². The third-order valence-electron chi connectivity index (χ3n) is 1.72. The molecule has 0 fully saturated rings. The van der Waals surface area contributed by atoms with Crippen molar-refractivity contribution < 1.29 is 14.3 Å². The first kappa shape index (κ1) is 12.5. The quantitative estimate of drug-likeness (QED) is 0.645. The lowest BCUT2D eigenvalue weighted by Gasteiger charge is -2.18. The third kappa shape index (κ3) is 4.79. The first-order chi connectivity index (χ1) is 7.37. The highest BCUT2D eigenvalue weighted by Crippen LogP contribution is 2.17. The zero-order valence-corrected chi connectivity index (χ0v) is 10.7. The maximum Gasteiger partial charge on any atom is 0.328 e. The van der Waals surface area contributed by atoms with Gasteiger partial charge in [0.1, 0.15) is 5.75 Å². The van der Waals surface area contributed by atoms with Gasteiger partial charge in [0.05, 0.1) is 0 Å². The van der Waals surface area contributed by atoms with Crippen LogP contribution in [0.5, 0.6) is 5.75 Å². The van der Waals surface area contributed by atoms with E-state index in [1.54, 1.807) is 6.08 Å². The summed E-state index contributed by atoms with van der Waals surface area (Å²) >= 11 is 0. The van der Waals surface area contributed by atoms with Gasteiger partial charge in [-0.05, 0) is 43.4 Å². The lowest BCUT2D eigenvalue weighted by molar-refractivity contribution is -0.131. The normalized spacial score (nSPS) is 11.7. The molecule has 0 bridgehead atoms. The maximum absolute atomic E-state index is 10.3. The van der Waals surface area contributed by atoms with Gasteiger partial charge in [-0.1, -0.05) is 12.1 Å². The first-order valence-electron chi connectivity index (χ1n) is 5.07. The molecule has 1 aromatic rings. The van der Waals surface area contributed by atoms with Crippen molar-refractivity contribution >= 4 is 20.4 Å². The number of aliphatic carboxylic acids is 1. The van der Waals surface area contributed by atoms with Gasteiger partial charge in [0, 0.05) is 6.08 Å². The van der Waals surface area contributed by atoms with E-state index in [9.17, 15) is 4.79 Å². The van der Waals surface area contributed by atoms with Crippen LogP contribution in [-0.2, 0) is 4.79 Å². The first-order valence-corrected chi connectivity index (χ1v) is 8.48. The van der Waals surface area contributed by atoms with Crippen molar-refractivity contribution in [2.24, 2.45) is 0 Å². The number of carboxylic acid groups (broad SMARTS) is 1. The van der Waals surface area contributed by atoms with E-state index >= 15 is 0 Å². The van der Waals surface area contributed by atoms with E-state index in [0.717, 1.165) is 17.4 Å². The van der Waals surface area contributed by atoms with E-state index in [1.807, 2.05) is 24.3 Å². The molecule has 0 unspecified atom stereocenters. The average Bonchev–Trinajstić information content (AvgIpc) is 2.14. The highest BCUT2D eigenvalue weighted by molar-refractivity contribution is 6.70. The van der Waals surface area contributed by atoms with Crippen LogP contribution >= 0.6 is 0 Å². The van der Waals surface area contributed by atoms with Crippen LogP contribution in [0.4, 0.5) is 0 Å². The van der Waals surface area contributed by atoms with Crippen LogP contribution < -0.4 is 4.43 Å². The summed E-state index contributed by atoms with van der Waals surface area (Å²) in [6, 6.07) is 7.41. The molecule has 3 nitrogen and oxygen atoms in total. The lowest BCUT2D eigenvalue weighted by Crippen LogP contribution is -2.29. The van der Waals surface area contributed by atoms with E-state index in [2.05, 4.69) is 19.6 Å². The van der Waals surface area contributed by atoms with Gasteiger partial charge in [-0.15, -0.1) is 0 Å². The molecule has 0 radical (unpaired) electrons. The predicted octanol–water partition coefficient (Wildman–Crippen LogP) is 3.00. The minimum Gasteiger partial charge on any atom is -0.544 e. The maximum atomic E-state index is 10.3. The molecule has 0 aromatic heterocycles. The predicted molar refractivity (Wildman–Crippen MR) is 67.1 cm³/mol. The molecule has 0 aliphatic carbocycles. The van der Waals surface area contributed by atoms with E-state index in [0.29, 0.717) is 0 Å². The van der Waals surface area contributed by atoms with Gasteiger partial charge >= 0.3 is 5.97 Å². The fourth-order valence-corrected chi connectivity index (χ4v) is 2.01. The van der Waals surface area contributed by atoms with Crippen molar-refractivity contribution in [2.45, 2.75) is 19.6 Å². The van der Waals surface area contributed by atoms with E-state index < -0.39 is 14.3 Å². The molecule has 0 heterocycles. The Kier molecular flexibility index (Phi) is 3.90. The van der Waals surface area contributed by atoms with Crippen LogP contribution in [0.1, 0.15) is 5.56 Å².